The fourth-order valence-electron chi connectivity index (χ4n) is 0.488. The molecule has 0 saturated heterocycles. The Kier molecular flexibility index (Phi) is 6.02. The molecule has 0 spiro atoms. The molecule has 0 atom stereocenters. The molecule has 0 aliphatic carbocycles. The van der Waals surface area contributed by atoms with E-state index in [9.17, 15) is 4.79 Å². The normalized spacial score (nSPS) is 10.0. The van der Waals surface area contributed by atoms with E-state index in [0.717, 1.165) is 4.48 Å². The predicted molar refractivity (Wildman–Crippen MR) is 52.2 cm³/mol. The van der Waals surface area contributed by atoms with Gasteiger partial charge in [-0.15, -0.1) is 0 Å². The summed E-state index contributed by atoms with van der Waals surface area (Å²) in [4.78, 5) is 11.0. The molecule has 0 saturated carbocycles. The first-order chi connectivity index (χ1) is 5.52. The zero-order valence-electron chi connectivity index (χ0n) is 7.39. The van der Waals surface area contributed by atoms with E-state index in [0.29, 0.717) is 6.54 Å². The molecule has 70 valence electrons. The Balaban J connectivity index is 3.40. The van der Waals surface area contributed by atoms with E-state index >= 15 is 0 Å². The Bertz CT molecular complexity index is 168. The average Bonchev–Trinajstić information content (AvgIpc) is 1.96. The van der Waals surface area contributed by atoms with E-state index in [4.69, 9.17) is 4.74 Å². The maximum atomic E-state index is 11.0. The lowest BCUT2D eigenvalue weighted by atomic mass is 10.5. The van der Waals surface area contributed by atoms with Crippen LogP contribution in [0.2, 0.25) is 0 Å². The molecule has 0 fully saturated rings. The number of hydrogen-bond donors (Lipinski definition) is 1. The van der Waals surface area contributed by atoms with Crippen LogP contribution in [0.4, 0.5) is 0 Å². The van der Waals surface area contributed by atoms with Gasteiger partial charge in [-0.05, 0) is 13.8 Å². The number of hydrogen-bond acceptors (Lipinski definition) is 2. The summed E-state index contributed by atoms with van der Waals surface area (Å²) in [6.45, 7) is 7.91. The summed E-state index contributed by atoms with van der Waals surface area (Å²) < 4.78 is 5.83. The Labute approximate surface area is 81.3 Å². The first kappa shape index (κ1) is 11.6. The van der Waals surface area contributed by atoms with Crippen LogP contribution in [0.25, 0.3) is 0 Å². The van der Waals surface area contributed by atoms with E-state index in [1.54, 1.807) is 0 Å². The quantitative estimate of drug-likeness (QED) is 0.784. The van der Waals surface area contributed by atoms with E-state index < -0.39 is 0 Å². The molecule has 0 aliphatic rings. The third kappa shape index (κ3) is 7.75. The molecule has 0 heterocycles. The van der Waals surface area contributed by atoms with Crippen LogP contribution in [0.15, 0.2) is 11.1 Å². The first-order valence-electron chi connectivity index (χ1n) is 3.74. The third-order valence-electron chi connectivity index (χ3n) is 1.03. The van der Waals surface area contributed by atoms with Gasteiger partial charge in [-0.1, -0.05) is 22.5 Å². The topological polar surface area (TPSA) is 38.3 Å². The van der Waals surface area contributed by atoms with Gasteiger partial charge in [0.05, 0.1) is 6.10 Å². The van der Waals surface area contributed by atoms with Crippen LogP contribution < -0.4 is 5.32 Å². The molecular weight excluding hydrogens is 222 g/mol. The Morgan fingerprint density at radius 2 is 2.25 bits per heavy atom. The summed E-state index contributed by atoms with van der Waals surface area (Å²) in [5, 5.41) is 2.63. The molecule has 1 amide bonds. The Morgan fingerprint density at radius 3 is 2.67 bits per heavy atom. The molecule has 0 rings (SSSR count). The monoisotopic (exact) mass is 235 g/mol. The lowest BCUT2D eigenvalue weighted by Gasteiger charge is -2.07. The standard InChI is InChI=1S/C8H14BrNO2/c1-6(2)12-5-8(11)10-4-7(3)9/h6H,3-5H2,1-2H3,(H,10,11). The molecular formula is C8H14BrNO2. The minimum Gasteiger partial charge on any atom is -0.369 e. The molecule has 0 unspecified atom stereocenters. The summed E-state index contributed by atoms with van der Waals surface area (Å²) in [6.07, 6.45) is 0.0860. The van der Waals surface area contributed by atoms with Gasteiger partial charge in [-0.3, -0.25) is 4.79 Å². The van der Waals surface area contributed by atoms with E-state index in [1.807, 2.05) is 13.8 Å². The maximum absolute atomic E-state index is 11.0. The number of carbonyl (C=O) groups excluding carboxylic acids is 1. The molecule has 1 N–H and O–H groups in total. The van der Waals surface area contributed by atoms with Gasteiger partial charge in [0.15, 0.2) is 0 Å². The number of nitrogens with one attached hydrogen (secondary N) is 1. The van der Waals surface area contributed by atoms with Gasteiger partial charge >= 0.3 is 0 Å². The second-order valence-corrected chi connectivity index (χ2v) is 3.78. The molecule has 0 aliphatic heterocycles. The fourth-order valence-corrected chi connectivity index (χ4v) is 0.628. The van der Waals surface area contributed by atoms with Crippen LogP contribution in [0, 0.1) is 0 Å². The van der Waals surface area contributed by atoms with Gasteiger partial charge in [0.1, 0.15) is 6.61 Å². The summed E-state index contributed by atoms with van der Waals surface area (Å²) in [5.41, 5.74) is 0. The lowest BCUT2D eigenvalue weighted by Crippen LogP contribution is -2.29. The zero-order chi connectivity index (χ0) is 9.56. The highest BCUT2D eigenvalue weighted by molar-refractivity contribution is 9.11. The molecule has 0 aromatic carbocycles. The highest BCUT2D eigenvalue weighted by atomic mass is 79.9. The molecule has 0 bridgehead atoms. The van der Waals surface area contributed by atoms with E-state index in [2.05, 4.69) is 27.8 Å². The van der Waals surface area contributed by atoms with Crippen LogP contribution in [0.5, 0.6) is 0 Å². The summed E-state index contributed by atoms with van der Waals surface area (Å²) in [7, 11) is 0. The van der Waals surface area contributed by atoms with Crippen molar-refractivity contribution in [3.63, 3.8) is 0 Å². The molecule has 0 radical (unpaired) electrons. The molecule has 0 aromatic heterocycles. The van der Waals surface area contributed by atoms with Crippen molar-refractivity contribution >= 4 is 21.8 Å². The summed E-state index contributed by atoms with van der Waals surface area (Å²) in [5.74, 6) is -0.121. The minimum atomic E-state index is -0.121. The zero-order valence-corrected chi connectivity index (χ0v) is 8.98. The second-order valence-electron chi connectivity index (χ2n) is 2.65. The molecule has 0 aromatic rings. The van der Waals surface area contributed by atoms with Crippen molar-refractivity contribution in [1.82, 2.24) is 5.32 Å². The van der Waals surface area contributed by atoms with E-state index in [-0.39, 0.29) is 18.6 Å². The summed E-state index contributed by atoms with van der Waals surface area (Å²) >= 11 is 3.13. The van der Waals surface area contributed by atoms with Crippen molar-refractivity contribution in [3.8, 4) is 0 Å². The van der Waals surface area contributed by atoms with E-state index in [1.165, 1.54) is 0 Å². The van der Waals surface area contributed by atoms with Crippen LogP contribution in [-0.4, -0.2) is 25.2 Å². The minimum absolute atomic E-state index is 0.0860. The second kappa shape index (κ2) is 6.20. The summed E-state index contributed by atoms with van der Waals surface area (Å²) in [6, 6.07) is 0. The van der Waals surface area contributed by atoms with Crippen LogP contribution in [-0.2, 0) is 9.53 Å². The van der Waals surface area contributed by atoms with Gasteiger partial charge in [0.2, 0.25) is 5.91 Å². The van der Waals surface area contributed by atoms with Crippen molar-refractivity contribution in [2.75, 3.05) is 13.2 Å². The van der Waals surface area contributed by atoms with Gasteiger partial charge in [0, 0.05) is 11.0 Å². The van der Waals surface area contributed by atoms with Gasteiger partial charge < -0.3 is 10.1 Å². The van der Waals surface area contributed by atoms with Gasteiger partial charge in [-0.2, -0.15) is 0 Å². The fraction of sp³-hybridized carbons (Fsp3) is 0.625. The van der Waals surface area contributed by atoms with Crippen molar-refractivity contribution in [2.45, 2.75) is 20.0 Å². The lowest BCUT2D eigenvalue weighted by molar-refractivity contribution is -0.126. The van der Waals surface area contributed by atoms with Crippen LogP contribution in [0.3, 0.4) is 0 Å². The number of ether oxygens (including phenoxy) is 1. The maximum Gasteiger partial charge on any atom is 0.246 e. The Morgan fingerprint density at radius 1 is 1.67 bits per heavy atom. The van der Waals surface area contributed by atoms with Crippen molar-refractivity contribution in [2.24, 2.45) is 0 Å². The van der Waals surface area contributed by atoms with Crippen molar-refractivity contribution < 1.29 is 9.53 Å². The number of amides is 1. The molecule has 4 heteroatoms. The van der Waals surface area contributed by atoms with Crippen molar-refractivity contribution in [3.05, 3.63) is 11.1 Å². The van der Waals surface area contributed by atoms with Crippen molar-refractivity contribution in [1.29, 1.82) is 0 Å². The first-order valence-corrected chi connectivity index (χ1v) is 4.53. The van der Waals surface area contributed by atoms with Gasteiger partial charge in [0.25, 0.3) is 0 Å². The number of rotatable bonds is 5. The smallest absolute Gasteiger partial charge is 0.246 e. The Hall–Kier alpha value is -0.350. The van der Waals surface area contributed by atoms with Gasteiger partial charge in [-0.25, -0.2) is 0 Å². The predicted octanol–water partition coefficient (Wildman–Crippen LogP) is 1.44. The number of halogens is 1. The average molecular weight is 236 g/mol. The highest BCUT2D eigenvalue weighted by Crippen LogP contribution is 1.96. The highest BCUT2D eigenvalue weighted by Gasteiger charge is 2.01. The third-order valence-corrected chi connectivity index (χ3v) is 1.31. The SMILES string of the molecule is C=C(Br)CNC(=O)COC(C)C. The largest absolute Gasteiger partial charge is 0.369 e. The molecule has 12 heavy (non-hydrogen) atoms. The van der Waals surface area contributed by atoms with Crippen LogP contribution in [0.1, 0.15) is 13.8 Å². The van der Waals surface area contributed by atoms with Crippen LogP contribution >= 0.6 is 15.9 Å². The number of carbonyl (C=O) groups is 1. The molecule has 3 nitrogen and oxygen atoms in total.